The molecule has 0 saturated carbocycles. The molecule has 1 saturated heterocycles. The molecule has 1 heterocycles. The highest BCUT2D eigenvalue weighted by Crippen LogP contribution is 2.11. The van der Waals surface area contributed by atoms with Crippen LogP contribution in [-0.4, -0.2) is 37.6 Å². The van der Waals surface area contributed by atoms with E-state index in [2.05, 4.69) is 24.1 Å². The van der Waals surface area contributed by atoms with Crippen molar-refractivity contribution in [1.29, 1.82) is 0 Å². The fourth-order valence-electron chi connectivity index (χ4n) is 2.87. The number of rotatable bonds is 9. The van der Waals surface area contributed by atoms with Crippen LogP contribution in [0.5, 0.6) is 0 Å². The van der Waals surface area contributed by atoms with Crippen molar-refractivity contribution in [1.82, 2.24) is 10.2 Å². The predicted molar refractivity (Wildman–Crippen MR) is 85.7 cm³/mol. The van der Waals surface area contributed by atoms with Crippen molar-refractivity contribution in [2.75, 3.05) is 32.7 Å². The highest BCUT2D eigenvalue weighted by Gasteiger charge is 2.07. The molecule has 2 nitrogen and oxygen atoms in total. The van der Waals surface area contributed by atoms with Gasteiger partial charge in [-0.1, -0.05) is 46.0 Å². The zero-order chi connectivity index (χ0) is 13.8. The van der Waals surface area contributed by atoms with Gasteiger partial charge >= 0.3 is 0 Å². The number of unbranched alkanes of at least 4 members (excludes halogenated alkanes) is 3. The van der Waals surface area contributed by atoms with Crippen LogP contribution in [0.25, 0.3) is 0 Å². The van der Waals surface area contributed by atoms with Gasteiger partial charge in [-0.2, -0.15) is 0 Å². The molecule has 0 unspecified atom stereocenters. The van der Waals surface area contributed by atoms with Crippen molar-refractivity contribution in [2.24, 2.45) is 5.92 Å². The lowest BCUT2D eigenvalue weighted by atomic mass is 10.1. The number of hydrogen-bond acceptors (Lipinski definition) is 2. The van der Waals surface area contributed by atoms with Crippen molar-refractivity contribution in [3.8, 4) is 0 Å². The van der Waals surface area contributed by atoms with Crippen LogP contribution in [0.4, 0.5) is 0 Å². The second kappa shape index (κ2) is 11.7. The Bertz CT molecular complexity index is 184. The maximum Gasteiger partial charge on any atom is -0.00187 e. The van der Waals surface area contributed by atoms with Crippen LogP contribution in [0.3, 0.4) is 0 Å². The molecule has 114 valence electrons. The Labute approximate surface area is 121 Å². The van der Waals surface area contributed by atoms with E-state index in [1.165, 1.54) is 90.5 Å². The number of hydrogen-bond donors (Lipinski definition) is 1. The van der Waals surface area contributed by atoms with E-state index in [1.807, 2.05) is 0 Å². The summed E-state index contributed by atoms with van der Waals surface area (Å²) in [4.78, 5) is 2.70. The molecule has 2 heteroatoms. The summed E-state index contributed by atoms with van der Waals surface area (Å²) in [6.07, 6.45) is 12.8. The van der Waals surface area contributed by atoms with Gasteiger partial charge in [-0.3, -0.25) is 0 Å². The van der Waals surface area contributed by atoms with Gasteiger partial charge in [0.25, 0.3) is 0 Å². The summed E-state index contributed by atoms with van der Waals surface area (Å²) in [5.74, 6) is 0.784. The minimum Gasteiger partial charge on any atom is -0.316 e. The van der Waals surface area contributed by atoms with Crippen LogP contribution in [0.2, 0.25) is 0 Å². The van der Waals surface area contributed by atoms with Crippen molar-refractivity contribution < 1.29 is 0 Å². The van der Waals surface area contributed by atoms with E-state index < -0.39 is 0 Å². The van der Waals surface area contributed by atoms with Gasteiger partial charge in [0.05, 0.1) is 0 Å². The lowest BCUT2D eigenvalue weighted by Gasteiger charge is -2.24. The zero-order valence-electron chi connectivity index (χ0n) is 13.4. The van der Waals surface area contributed by atoms with Crippen LogP contribution >= 0.6 is 0 Å². The van der Waals surface area contributed by atoms with Gasteiger partial charge in [0.1, 0.15) is 0 Å². The largest absolute Gasteiger partial charge is 0.316 e. The Morgan fingerprint density at radius 1 is 0.842 bits per heavy atom. The van der Waals surface area contributed by atoms with E-state index in [1.54, 1.807) is 0 Å². The molecule has 1 fully saturated rings. The number of nitrogens with one attached hydrogen (secondary N) is 1. The first kappa shape index (κ1) is 17.0. The normalized spacial score (nSPS) is 18.5. The van der Waals surface area contributed by atoms with Crippen LogP contribution in [0.1, 0.15) is 71.6 Å². The fraction of sp³-hybridized carbons (Fsp3) is 1.00. The SMILES string of the molecule is CC(C)CNCCCCCCN1CCCCCCC1. The standard InChI is InChI=1S/C17H36N2/c1-17(2)16-18-12-8-4-7-11-15-19-13-9-5-3-6-10-14-19/h17-18H,3-16H2,1-2H3. The van der Waals surface area contributed by atoms with Crippen LogP contribution < -0.4 is 5.32 Å². The molecule has 1 aliphatic rings. The van der Waals surface area contributed by atoms with E-state index in [0.717, 1.165) is 5.92 Å². The number of likely N-dealkylation sites (tertiary alicyclic amines) is 1. The third kappa shape index (κ3) is 10.4. The summed E-state index contributed by atoms with van der Waals surface area (Å²) in [6, 6.07) is 0. The highest BCUT2D eigenvalue weighted by atomic mass is 15.1. The molecule has 0 bridgehead atoms. The Morgan fingerprint density at radius 2 is 1.47 bits per heavy atom. The Balaban J connectivity index is 1.86. The molecule has 1 rings (SSSR count). The molecule has 0 spiro atoms. The molecule has 1 aliphatic heterocycles. The Hall–Kier alpha value is -0.0800. The maximum atomic E-state index is 3.53. The predicted octanol–water partition coefficient (Wildman–Crippen LogP) is 4.06. The lowest BCUT2D eigenvalue weighted by Crippen LogP contribution is -2.28. The summed E-state index contributed by atoms with van der Waals surface area (Å²) in [7, 11) is 0. The van der Waals surface area contributed by atoms with E-state index in [0.29, 0.717) is 0 Å². The smallest absolute Gasteiger partial charge is 0.00187 e. The highest BCUT2D eigenvalue weighted by molar-refractivity contribution is 4.62. The van der Waals surface area contributed by atoms with Crippen molar-refractivity contribution in [3.05, 3.63) is 0 Å². The summed E-state index contributed by atoms with van der Waals surface area (Å²) < 4.78 is 0. The minimum absolute atomic E-state index is 0.784. The van der Waals surface area contributed by atoms with Gasteiger partial charge in [-0.25, -0.2) is 0 Å². The molecule has 0 aromatic rings. The molecule has 0 aromatic heterocycles. The molecular weight excluding hydrogens is 232 g/mol. The molecule has 0 radical (unpaired) electrons. The quantitative estimate of drug-likeness (QED) is 0.634. The first-order valence-corrected chi connectivity index (χ1v) is 8.72. The summed E-state index contributed by atoms with van der Waals surface area (Å²) >= 11 is 0. The topological polar surface area (TPSA) is 15.3 Å². The summed E-state index contributed by atoms with van der Waals surface area (Å²) in [5.41, 5.74) is 0. The average molecular weight is 268 g/mol. The summed E-state index contributed by atoms with van der Waals surface area (Å²) in [6.45, 7) is 11.0. The van der Waals surface area contributed by atoms with Gasteiger partial charge in [0, 0.05) is 0 Å². The van der Waals surface area contributed by atoms with Crippen molar-refractivity contribution >= 4 is 0 Å². The molecule has 19 heavy (non-hydrogen) atoms. The van der Waals surface area contributed by atoms with E-state index in [-0.39, 0.29) is 0 Å². The second-order valence-electron chi connectivity index (χ2n) is 6.62. The zero-order valence-corrected chi connectivity index (χ0v) is 13.4. The molecule has 0 atom stereocenters. The first-order chi connectivity index (χ1) is 9.29. The molecule has 0 aliphatic carbocycles. The molecular formula is C17H36N2. The molecule has 0 aromatic carbocycles. The van der Waals surface area contributed by atoms with Gasteiger partial charge < -0.3 is 10.2 Å². The van der Waals surface area contributed by atoms with Gasteiger partial charge in [-0.05, 0) is 64.3 Å². The second-order valence-corrected chi connectivity index (χ2v) is 6.62. The van der Waals surface area contributed by atoms with Crippen molar-refractivity contribution in [3.63, 3.8) is 0 Å². The van der Waals surface area contributed by atoms with E-state index in [9.17, 15) is 0 Å². The van der Waals surface area contributed by atoms with Gasteiger partial charge in [-0.15, -0.1) is 0 Å². The Morgan fingerprint density at radius 3 is 2.16 bits per heavy atom. The van der Waals surface area contributed by atoms with Gasteiger partial charge in [0.15, 0.2) is 0 Å². The molecule has 0 amide bonds. The third-order valence-corrected chi connectivity index (χ3v) is 4.08. The summed E-state index contributed by atoms with van der Waals surface area (Å²) in [5, 5.41) is 3.53. The van der Waals surface area contributed by atoms with Crippen LogP contribution in [-0.2, 0) is 0 Å². The maximum absolute atomic E-state index is 3.53. The van der Waals surface area contributed by atoms with E-state index >= 15 is 0 Å². The number of nitrogens with zero attached hydrogens (tertiary/aromatic N) is 1. The monoisotopic (exact) mass is 268 g/mol. The van der Waals surface area contributed by atoms with Crippen molar-refractivity contribution in [2.45, 2.75) is 71.6 Å². The minimum atomic E-state index is 0.784. The Kier molecular flexibility index (Phi) is 10.5. The molecule has 1 N–H and O–H groups in total. The van der Waals surface area contributed by atoms with Gasteiger partial charge in [0.2, 0.25) is 0 Å². The average Bonchev–Trinajstić information content (AvgIpc) is 2.34. The first-order valence-electron chi connectivity index (χ1n) is 8.72. The third-order valence-electron chi connectivity index (χ3n) is 4.08. The van der Waals surface area contributed by atoms with Crippen LogP contribution in [0, 0.1) is 5.92 Å². The van der Waals surface area contributed by atoms with Crippen LogP contribution in [0.15, 0.2) is 0 Å². The van der Waals surface area contributed by atoms with E-state index in [4.69, 9.17) is 0 Å². The lowest BCUT2D eigenvalue weighted by molar-refractivity contribution is 0.242. The fourth-order valence-corrected chi connectivity index (χ4v) is 2.87.